The zero-order valence-electron chi connectivity index (χ0n) is 17.8. The maximum Gasteiger partial charge on any atom is 0.411 e. The van der Waals surface area contributed by atoms with Crippen LogP contribution in [0.5, 0.6) is 0 Å². The van der Waals surface area contributed by atoms with Gasteiger partial charge in [0, 0.05) is 25.9 Å². The molecule has 0 bridgehead atoms. The van der Waals surface area contributed by atoms with Crippen LogP contribution in [-0.2, 0) is 9.53 Å². The molecule has 1 saturated carbocycles. The molecular weight excluding hydrogens is 464 g/mol. The van der Waals surface area contributed by atoms with Gasteiger partial charge < -0.3 is 10.1 Å². The Kier molecular flexibility index (Phi) is 6.67. The number of halogens is 1. The zero-order valence-corrected chi connectivity index (χ0v) is 20.3. The van der Waals surface area contributed by atoms with Gasteiger partial charge in [-0.2, -0.15) is 0 Å². The monoisotopic (exact) mass is 490 g/mol. The van der Waals surface area contributed by atoms with Crippen LogP contribution < -0.4 is 5.32 Å². The number of nitrogens with zero attached hydrogens (tertiary/aromatic N) is 1. The molecule has 8 heteroatoms. The summed E-state index contributed by atoms with van der Waals surface area (Å²) < 4.78 is 6.39. The number of anilines is 1. The van der Waals surface area contributed by atoms with Gasteiger partial charge in [0.05, 0.1) is 5.69 Å². The van der Waals surface area contributed by atoms with E-state index in [1.165, 1.54) is 6.92 Å². The first kappa shape index (κ1) is 22.9. The van der Waals surface area contributed by atoms with Crippen molar-refractivity contribution in [2.24, 2.45) is 5.92 Å². The number of amides is 2. The second-order valence-corrected chi connectivity index (χ2v) is 10.5. The van der Waals surface area contributed by atoms with E-state index in [0.717, 1.165) is 28.9 Å². The van der Waals surface area contributed by atoms with Crippen LogP contribution in [0.3, 0.4) is 0 Å². The van der Waals surface area contributed by atoms with Crippen molar-refractivity contribution in [2.45, 2.75) is 71.1 Å². The van der Waals surface area contributed by atoms with Crippen LogP contribution in [0.15, 0.2) is 22.7 Å². The first-order valence-electron chi connectivity index (χ1n) is 10.2. The average Bonchev–Trinajstić information content (AvgIpc) is 3.01. The molecule has 1 aromatic rings. The third-order valence-electron chi connectivity index (χ3n) is 5.55. The number of ether oxygens (including phenoxy) is 1. The number of hydrogen-bond acceptors (Lipinski definition) is 4. The normalized spacial score (nSPS) is 23.7. The minimum atomic E-state index is -0.668. The molecule has 2 radical (unpaired) electrons. The van der Waals surface area contributed by atoms with Crippen LogP contribution in [0.4, 0.5) is 10.5 Å². The number of likely N-dealkylation sites (tertiary alicyclic amines) is 1. The van der Waals surface area contributed by atoms with Gasteiger partial charge in [-0.05, 0) is 77.5 Å². The minimum Gasteiger partial charge on any atom is -0.444 e. The largest absolute Gasteiger partial charge is 0.444 e. The summed E-state index contributed by atoms with van der Waals surface area (Å²) in [6.45, 7) is 6.91. The smallest absolute Gasteiger partial charge is 0.411 e. The summed E-state index contributed by atoms with van der Waals surface area (Å²) in [5.74, 6) is -0.346. The van der Waals surface area contributed by atoms with E-state index in [1.54, 1.807) is 23.1 Å². The van der Waals surface area contributed by atoms with Crippen molar-refractivity contribution < 1.29 is 19.1 Å². The molecule has 6 nitrogen and oxygen atoms in total. The number of hydrogen-bond donors (Lipinski definition) is 1. The van der Waals surface area contributed by atoms with Gasteiger partial charge in [0.1, 0.15) is 11.6 Å². The Balaban J connectivity index is 1.91. The summed E-state index contributed by atoms with van der Waals surface area (Å²) in [6, 6.07) is 4.39. The number of carbonyl (C=O) groups excluding carboxylic acids is 3. The number of rotatable bonds is 3. The predicted molar refractivity (Wildman–Crippen MR) is 121 cm³/mol. The maximum absolute atomic E-state index is 13.3. The van der Waals surface area contributed by atoms with Crippen molar-refractivity contribution in [1.29, 1.82) is 0 Å². The van der Waals surface area contributed by atoms with Crippen LogP contribution in [-0.4, -0.2) is 55.4 Å². The number of Topliss-reactive ketones (excluding diaryl/α,β-unsaturated/α-hetero) is 1. The van der Waals surface area contributed by atoms with Gasteiger partial charge in [0.2, 0.25) is 5.91 Å². The van der Waals surface area contributed by atoms with E-state index in [1.807, 2.05) is 20.8 Å². The molecule has 1 saturated heterocycles. The lowest BCUT2D eigenvalue weighted by Crippen LogP contribution is -2.50. The molecule has 2 amide bonds. The van der Waals surface area contributed by atoms with E-state index < -0.39 is 17.7 Å². The molecule has 1 heterocycles. The van der Waals surface area contributed by atoms with Crippen LogP contribution >= 0.6 is 15.9 Å². The number of ketones is 1. The first-order valence-corrected chi connectivity index (χ1v) is 11.5. The van der Waals surface area contributed by atoms with Crippen molar-refractivity contribution in [2.75, 3.05) is 5.32 Å². The molecule has 1 aromatic carbocycles. The molecular formula is C22H27BrN2O4Si. The molecule has 3 atom stereocenters. The molecule has 1 aliphatic heterocycles. The highest BCUT2D eigenvalue weighted by Crippen LogP contribution is 2.39. The molecule has 0 aromatic heterocycles. The first-order chi connectivity index (χ1) is 14.0. The topological polar surface area (TPSA) is 75.7 Å². The van der Waals surface area contributed by atoms with Crippen molar-refractivity contribution in [3.63, 3.8) is 0 Å². The Morgan fingerprint density at radius 2 is 1.97 bits per heavy atom. The zero-order chi connectivity index (χ0) is 22.2. The third kappa shape index (κ3) is 4.91. The van der Waals surface area contributed by atoms with E-state index >= 15 is 0 Å². The quantitative estimate of drug-likeness (QED) is 0.510. The summed E-state index contributed by atoms with van der Waals surface area (Å²) in [5, 5.41) is 4.02. The van der Waals surface area contributed by atoms with E-state index in [0.29, 0.717) is 17.7 Å². The summed E-state index contributed by atoms with van der Waals surface area (Å²) in [6.07, 6.45) is 2.77. The van der Waals surface area contributed by atoms with Crippen LogP contribution in [0.25, 0.3) is 0 Å². The van der Waals surface area contributed by atoms with Gasteiger partial charge in [0.15, 0.2) is 5.78 Å². The van der Waals surface area contributed by atoms with E-state index in [-0.39, 0.29) is 23.7 Å². The van der Waals surface area contributed by atoms with Crippen LogP contribution in [0, 0.1) is 5.92 Å². The Labute approximate surface area is 188 Å². The molecule has 160 valence electrons. The summed E-state index contributed by atoms with van der Waals surface area (Å²) in [4.78, 5) is 40.0. The predicted octanol–water partition coefficient (Wildman–Crippen LogP) is 4.11. The fraction of sp³-hybridized carbons (Fsp3) is 0.545. The fourth-order valence-electron chi connectivity index (χ4n) is 4.29. The second kappa shape index (κ2) is 8.75. The summed E-state index contributed by atoms with van der Waals surface area (Å²) >= 11 is 3.39. The van der Waals surface area contributed by atoms with Gasteiger partial charge >= 0.3 is 6.09 Å². The Morgan fingerprint density at radius 1 is 1.27 bits per heavy atom. The summed E-state index contributed by atoms with van der Waals surface area (Å²) in [7, 11) is 3.73. The molecule has 0 spiro atoms. The highest BCUT2D eigenvalue weighted by molar-refractivity contribution is 9.10. The lowest BCUT2D eigenvalue weighted by molar-refractivity contribution is -0.120. The molecule has 30 heavy (non-hydrogen) atoms. The molecule has 2 aliphatic rings. The van der Waals surface area contributed by atoms with Gasteiger partial charge in [0.25, 0.3) is 0 Å². The number of fused-ring (bicyclic) bond motifs is 1. The van der Waals surface area contributed by atoms with Gasteiger partial charge in [-0.1, -0.05) is 21.1 Å². The van der Waals surface area contributed by atoms with Gasteiger partial charge in [-0.15, -0.1) is 0 Å². The molecule has 3 rings (SSSR count). The molecule has 1 aliphatic carbocycles. The van der Waals surface area contributed by atoms with Crippen molar-refractivity contribution in [3.8, 4) is 0 Å². The summed E-state index contributed by atoms with van der Waals surface area (Å²) in [5.41, 5.74) is 0.207. The lowest BCUT2D eigenvalue weighted by Gasteiger charge is -2.35. The fourth-order valence-corrected chi connectivity index (χ4v) is 5.14. The van der Waals surface area contributed by atoms with Gasteiger partial charge in [-0.3, -0.25) is 14.5 Å². The Hall–Kier alpha value is -1.80. The van der Waals surface area contributed by atoms with Crippen LogP contribution in [0.2, 0.25) is 0 Å². The average molecular weight is 491 g/mol. The second-order valence-electron chi connectivity index (χ2n) is 8.97. The standard InChI is InChI=1S/C22H27BrN2O4Si/c1-12(26)14-9-8-13(23)10-16(14)24-20(27)18-11-15-17(6-5-7-19(15)30)25(18)21(28)29-22(2,3)4/h8-10,15,17-18H,5-7,11H2,1-4H3,(H,24,27)/t15-,17-,18-/m0/s1. The minimum absolute atomic E-state index is 0.0772. The molecule has 0 unspecified atom stereocenters. The molecule has 1 N–H and O–H groups in total. The lowest BCUT2D eigenvalue weighted by atomic mass is 9.84. The number of benzene rings is 1. The maximum atomic E-state index is 13.3. The van der Waals surface area contributed by atoms with E-state index in [4.69, 9.17) is 4.74 Å². The van der Waals surface area contributed by atoms with E-state index in [2.05, 4.69) is 31.1 Å². The Bertz CT molecular complexity index is 896. The number of carbonyl (C=O) groups is 3. The highest BCUT2D eigenvalue weighted by Gasteiger charge is 2.50. The van der Waals surface area contributed by atoms with Crippen molar-refractivity contribution >= 4 is 54.4 Å². The van der Waals surface area contributed by atoms with Crippen LogP contribution in [0.1, 0.15) is 63.7 Å². The Morgan fingerprint density at radius 3 is 2.60 bits per heavy atom. The van der Waals surface area contributed by atoms with Gasteiger partial charge in [-0.25, -0.2) is 4.79 Å². The third-order valence-corrected chi connectivity index (χ3v) is 6.67. The van der Waals surface area contributed by atoms with E-state index in [9.17, 15) is 14.4 Å². The molecule has 2 fully saturated rings. The number of nitrogens with one attached hydrogen (secondary N) is 1. The SMILES string of the molecule is CC(=O)c1ccc(Br)cc1NC(=O)[C@@H]1C[C@@H]2C(=[Si])CCC[C@@H]2N1C(=O)OC(C)(C)C. The van der Waals surface area contributed by atoms with Crippen molar-refractivity contribution in [3.05, 3.63) is 28.2 Å². The highest BCUT2D eigenvalue weighted by atomic mass is 79.9. The van der Waals surface area contributed by atoms with Crippen molar-refractivity contribution in [1.82, 2.24) is 4.90 Å².